The SMILES string of the molecule is Cc1cc2c(nc(I)n2C)n(C)c1=O. The van der Waals surface area contributed by atoms with Crippen molar-refractivity contribution in [2.75, 3.05) is 0 Å². The van der Waals surface area contributed by atoms with E-state index in [0.29, 0.717) is 0 Å². The second kappa shape index (κ2) is 3.08. The van der Waals surface area contributed by atoms with Crippen molar-refractivity contribution in [1.82, 2.24) is 14.1 Å². The van der Waals surface area contributed by atoms with Gasteiger partial charge < -0.3 is 4.57 Å². The van der Waals surface area contributed by atoms with Gasteiger partial charge in [-0.1, -0.05) is 0 Å². The van der Waals surface area contributed by atoms with Crippen molar-refractivity contribution in [3.63, 3.8) is 0 Å². The normalized spacial score (nSPS) is 11.1. The fourth-order valence-corrected chi connectivity index (χ4v) is 1.99. The Labute approximate surface area is 94.7 Å². The van der Waals surface area contributed by atoms with Crippen LogP contribution in [0.15, 0.2) is 10.9 Å². The van der Waals surface area contributed by atoms with Crippen LogP contribution in [-0.2, 0) is 14.1 Å². The van der Waals surface area contributed by atoms with E-state index >= 15 is 0 Å². The van der Waals surface area contributed by atoms with Gasteiger partial charge in [0.2, 0.25) is 0 Å². The molecule has 0 aromatic carbocycles. The smallest absolute Gasteiger partial charge is 0.254 e. The summed E-state index contributed by atoms with van der Waals surface area (Å²) in [5.74, 6) is 0. The molecule has 0 fully saturated rings. The van der Waals surface area contributed by atoms with Crippen molar-refractivity contribution in [2.45, 2.75) is 6.92 Å². The molecule has 0 bridgehead atoms. The molecule has 2 rings (SSSR count). The van der Waals surface area contributed by atoms with Gasteiger partial charge in [0.1, 0.15) is 0 Å². The molecule has 14 heavy (non-hydrogen) atoms. The van der Waals surface area contributed by atoms with Crippen LogP contribution in [0.4, 0.5) is 0 Å². The van der Waals surface area contributed by atoms with E-state index in [1.165, 1.54) is 0 Å². The molecule has 4 nitrogen and oxygen atoms in total. The summed E-state index contributed by atoms with van der Waals surface area (Å²) < 4.78 is 4.45. The lowest BCUT2D eigenvalue weighted by Gasteiger charge is -2.01. The van der Waals surface area contributed by atoms with Gasteiger partial charge in [0.15, 0.2) is 9.48 Å². The number of hydrogen-bond acceptors (Lipinski definition) is 2. The molecule has 0 aliphatic heterocycles. The minimum Gasteiger partial charge on any atom is -0.321 e. The largest absolute Gasteiger partial charge is 0.321 e. The Morgan fingerprint density at radius 2 is 2.00 bits per heavy atom. The Hall–Kier alpha value is -0.850. The summed E-state index contributed by atoms with van der Waals surface area (Å²) in [7, 11) is 3.70. The molecular formula is C9H10IN3O. The molecule has 2 aromatic rings. The van der Waals surface area contributed by atoms with Gasteiger partial charge in [-0.05, 0) is 13.0 Å². The summed E-state index contributed by atoms with van der Waals surface area (Å²) >= 11 is 2.15. The lowest BCUT2D eigenvalue weighted by atomic mass is 10.3. The average Bonchev–Trinajstić information content (AvgIpc) is 2.42. The van der Waals surface area contributed by atoms with Crippen LogP contribution in [0.2, 0.25) is 0 Å². The highest BCUT2D eigenvalue weighted by molar-refractivity contribution is 14.1. The van der Waals surface area contributed by atoms with E-state index in [9.17, 15) is 4.79 Å². The highest BCUT2D eigenvalue weighted by Gasteiger charge is 2.10. The summed E-state index contributed by atoms with van der Waals surface area (Å²) in [6.45, 7) is 1.82. The average molecular weight is 303 g/mol. The van der Waals surface area contributed by atoms with E-state index in [-0.39, 0.29) is 5.56 Å². The number of pyridine rings is 1. The molecule has 0 saturated heterocycles. The molecule has 2 aromatic heterocycles. The van der Waals surface area contributed by atoms with Crippen molar-refractivity contribution >= 4 is 33.8 Å². The summed E-state index contributed by atoms with van der Waals surface area (Å²) in [5.41, 5.74) is 2.51. The molecular weight excluding hydrogens is 293 g/mol. The summed E-state index contributed by atoms with van der Waals surface area (Å²) in [6, 6.07) is 1.88. The standard InChI is InChI=1S/C9H10IN3O/c1-5-4-6-7(13(3)8(5)14)11-9(10)12(6)2/h4H,1-3H3. The quantitative estimate of drug-likeness (QED) is 0.686. The molecule has 0 aliphatic carbocycles. The van der Waals surface area contributed by atoms with Gasteiger partial charge in [-0.25, -0.2) is 4.98 Å². The van der Waals surface area contributed by atoms with Gasteiger partial charge >= 0.3 is 0 Å². The number of aromatic nitrogens is 3. The first-order chi connectivity index (χ1) is 6.52. The Kier molecular flexibility index (Phi) is 2.13. The maximum absolute atomic E-state index is 11.6. The summed E-state index contributed by atoms with van der Waals surface area (Å²) in [4.78, 5) is 15.9. The monoisotopic (exact) mass is 303 g/mol. The number of rotatable bonds is 0. The molecule has 2 heterocycles. The first kappa shape index (κ1) is 9.70. The van der Waals surface area contributed by atoms with E-state index < -0.39 is 0 Å². The topological polar surface area (TPSA) is 39.8 Å². The van der Waals surface area contributed by atoms with Crippen LogP contribution in [0.25, 0.3) is 11.2 Å². The predicted octanol–water partition coefficient (Wildman–Crippen LogP) is 1.19. The number of imidazole rings is 1. The van der Waals surface area contributed by atoms with Crippen molar-refractivity contribution in [3.05, 3.63) is 25.8 Å². The zero-order chi connectivity index (χ0) is 10.5. The number of halogens is 1. The lowest BCUT2D eigenvalue weighted by molar-refractivity contribution is 0.879. The minimum absolute atomic E-state index is 0.0204. The Morgan fingerprint density at radius 1 is 1.36 bits per heavy atom. The third kappa shape index (κ3) is 1.18. The van der Waals surface area contributed by atoms with Crippen LogP contribution in [0, 0.1) is 10.8 Å². The Morgan fingerprint density at radius 3 is 2.64 bits per heavy atom. The molecule has 0 N–H and O–H groups in total. The van der Waals surface area contributed by atoms with E-state index in [1.807, 2.05) is 24.6 Å². The molecule has 0 amide bonds. The zero-order valence-corrected chi connectivity index (χ0v) is 10.4. The fraction of sp³-hybridized carbons (Fsp3) is 0.333. The van der Waals surface area contributed by atoms with Crippen molar-refractivity contribution in [2.24, 2.45) is 14.1 Å². The molecule has 0 aliphatic rings. The molecule has 5 heteroatoms. The number of aryl methyl sites for hydroxylation is 3. The van der Waals surface area contributed by atoms with E-state index in [2.05, 4.69) is 27.6 Å². The third-order valence-corrected chi connectivity index (χ3v) is 3.34. The molecule has 0 saturated carbocycles. The van der Waals surface area contributed by atoms with Crippen LogP contribution >= 0.6 is 22.6 Å². The Balaban J connectivity index is 3.05. The van der Waals surface area contributed by atoms with Crippen molar-refractivity contribution in [1.29, 1.82) is 0 Å². The fourth-order valence-electron chi connectivity index (χ4n) is 1.50. The first-order valence-electron chi connectivity index (χ1n) is 4.21. The second-order valence-electron chi connectivity index (χ2n) is 3.34. The van der Waals surface area contributed by atoms with Crippen LogP contribution in [0.3, 0.4) is 0 Å². The molecule has 0 unspecified atom stereocenters. The highest BCUT2D eigenvalue weighted by Crippen LogP contribution is 2.14. The third-order valence-electron chi connectivity index (χ3n) is 2.38. The highest BCUT2D eigenvalue weighted by atomic mass is 127. The van der Waals surface area contributed by atoms with Crippen molar-refractivity contribution < 1.29 is 0 Å². The number of fused-ring (bicyclic) bond motifs is 1. The summed E-state index contributed by atoms with van der Waals surface area (Å²) in [6.07, 6.45) is 0. The van der Waals surface area contributed by atoms with E-state index in [0.717, 1.165) is 20.6 Å². The number of hydrogen-bond donors (Lipinski definition) is 0. The van der Waals surface area contributed by atoms with E-state index in [1.54, 1.807) is 11.6 Å². The molecule has 74 valence electrons. The van der Waals surface area contributed by atoms with Gasteiger partial charge in [-0.15, -0.1) is 0 Å². The van der Waals surface area contributed by atoms with Crippen LogP contribution < -0.4 is 5.56 Å². The molecule has 0 atom stereocenters. The minimum atomic E-state index is 0.0204. The van der Waals surface area contributed by atoms with Crippen molar-refractivity contribution in [3.8, 4) is 0 Å². The van der Waals surface area contributed by atoms with Gasteiger partial charge in [0.25, 0.3) is 5.56 Å². The van der Waals surface area contributed by atoms with Crippen LogP contribution in [-0.4, -0.2) is 14.1 Å². The predicted molar refractivity (Wildman–Crippen MR) is 63.4 cm³/mol. The zero-order valence-electron chi connectivity index (χ0n) is 8.21. The molecule has 0 spiro atoms. The Bertz CT molecular complexity index is 567. The van der Waals surface area contributed by atoms with Crippen LogP contribution in [0.1, 0.15) is 5.56 Å². The molecule has 0 radical (unpaired) electrons. The van der Waals surface area contributed by atoms with Gasteiger partial charge in [0.05, 0.1) is 5.52 Å². The summed E-state index contributed by atoms with van der Waals surface area (Å²) in [5, 5.41) is 0. The first-order valence-corrected chi connectivity index (χ1v) is 5.29. The second-order valence-corrected chi connectivity index (χ2v) is 4.31. The van der Waals surface area contributed by atoms with Crippen LogP contribution in [0.5, 0.6) is 0 Å². The maximum atomic E-state index is 11.6. The maximum Gasteiger partial charge on any atom is 0.254 e. The number of nitrogens with zero attached hydrogens (tertiary/aromatic N) is 3. The van der Waals surface area contributed by atoms with Gasteiger partial charge in [-0.2, -0.15) is 0 Å². The van der Waals surface area contributed by atoms with E-state index in [4.69, 9.17) is 0 Å². The lowest BCUT2D eigenvalue weighted by Crippen LogP contribution is -2.19. The van der Waals surface area contributed by atoms with Gasteiger partial charge in [-0.3, -0.25) is 9.36 Å². The van der Waals surface area contributed by atoms with Gasteiger partial charge in [0, 0.05) is 42.2 Å².